The molecule has 0 atom stereocenters. The van der Waals surface area contributed by atoms with Gasteiger partial charge in [0.2, 0.25) is 0 Å². The van der Waals surface area contributed by atoms with E-state index in [4.69, 9.17) is 9.47 Å². The molecular formula is C17H20BrNO2. The Bertz CT molecular complexity index is 599. The van der Waals surface area contributed by atoms with E-state index < -0.39 is 0 Å². The molecule has 0 radical (unpaired) electrons. The average Bonchev–Trinajstić information content (AvgIpc) is 2.46. The molecule has 0 aliphatic carbocycles. The average molecular weight is 350 g/mol. The number of ether oxygens (including phenoxy) is 2. The van der Waals surface area contributed by atoms with Gasteiger partial charge in [0.05, 0.1) is 18.9 Å². The zero-order valence-electron chi connectivity index (χ0n) is 12.5. The zero-order valence-corrected chi connectivity index (χ0v) is 14.1. The van der Waals surface area contributed by atoms with Crippen molar-refractivity contribution in [2.45, 2.75) is 26.5 Å². The van der Waals surface area contributed by atoms with E-state index in [0.29, 0.717) is 0 Å². The van der Waals surface area contributed by atoms with Crippen molar-refractivity contribution < 1.29 is 9.47 Å². The first kappa shape index (κ1) is 15.7. The maximum Gasteiger partial charge on any atom is 0.121 e. The summed E-state index contributed by atoms with van der Waals surface area (Å²) < 4.78 is 12.0. The SMILES string of the molecule is COc1ccc(Br)c(NCc2cccc(OC(C)C)c2)c1. The first-order valence-electron chi connectivity index (χ1n) is 6.91. The molecule has 0 saturated heterocycles. The molecule has 0 heterocycles. The summed E-state index contributed by atoms with van der Waals surface area (Å²) in [5.74, 6) is 1.73. The molecule has 0 aliphatic heterocycles. The Hall–Kier alpha value is -1.68. The third kappa shape index (κ3) is 4.67. The van der Waals surface area contributed by atoms with Crippen molar-refractivity contribution in [3.63, 3.8) is 0 Å². The van der Waals surface area contributed by atoms with E-state index in [-0.39, 0.29) is 6.10 Å². The highest BCUT2D eigenvalue weighted by Gasteiger charge is 2.03. The van der Waals surface area contributed by atoms with Crippen molar-refractivity contribution in [1.29, 1.82) is 0 Å². The standard InChI is InChI=1S/C17H20BrNO2/c1-12(2)21-15-6-4-5-13(9-15)11-19-17-10-14(20-3)7-8-16(17)18/h4-10,12,19H,11H2,1-3H3. The second-order valence-electron chi connectivity index (χ2n) is 5.01. The van der Waals surface area contributed by atoms with Crippen LogP contribution in [0.3, 0.4) is 0 Å². The summed E-state index contributed by atoms with van der Waals surface area (Å²) in [7, 11) is 1.67. The van der Waals surface area contributed by atoms with Crippen molar-refractivity contribution in [2.24, 2.45) is 0 Å². The van der Waals surface area contributed by atoms with E-state index in [2.05, 4.69) is 33.4 Å². The predicted octanol–water partition coefficient (Wildman–Crippen LogP) is 4.86. The van der Waals surface area contributed by atoms with E-state index >= 15 is 0 Å². The Labute approximate surface area is 134 Å². The number of benzene rings is 2. The molecule has 0 saturated carbocycles. The van der Waals surface area contributed by atoms with E-state index in [1.165, 1.54) is 5.56 Å². The van der Waals surface area contributed by atoms with Gasteiger partial charge in [0.15, 0.2) is 0 Å². The fraction of sp³-hybridized carbons (Fsp3) is 0.294. The molecule has 21 heavy (non-hydrogen) atoms. The number of anilines is 1. The highest BCUT2D eigenvalue weighted by atomic mass is 79.9. The van der Waals surface area contributed by atoms with Crippen LogP contribution in [-0.2, 0) is 6.54 Å². The van der Waals surface area contributed by atoms with Gasteiger partial charge < -0.3 is 14.8 Å². The second kappa shape index (κ2) is 7.36. The van der Waals surface area contributed by atoms with Gasteiger partial charge in [-0.3, -0.25) is 0 Å². The molecule has 0 bridgehead atoms. The fourth-order valence-corrected chi connectivity index (χ4v) is 2.35. The molecular weight excluding hydrogens is 330 g/mol. The van der Waals surface area contributed by atoms with Crippen molar-refractivity contribution in [3.8, 4) is 11.5 Å². The van der Waals surface area contributed by atoms with Crippen LogP contribution in [0.15, 0.2) is 46.9 Å². The number of nitrogens with one attached hydrogen (secondary N) is 1. The summed E-state index contributed by atoms with van der Waals surface area (Å²) in [5, 5.41) is 3.40. The van der Waals surface area contributed by atoms with Gasteiger partial charge in [-0.25, -0.2) is 0 Å². The molecule has 3 nitrogen and oxygen atoms in total. The lowest BCUT2D eigenvalue weighted by Crippen LogP contribution is -2.06. The van der Waals surface area contributed by atoms with Crippen LogP contribution in [0.5, 0.6) is 11.5 Å². The molecule has 2 aromatic carbocycles. The van der Waals surface area contributed by atoms with E-state index in [1.54, 1.807) is 7.11 Å². The van der Waals surface area contributed by atoms with Gasteiger partial charge in [-0.1, -0.05) is 12.1 Å². The molecule has 0 fully saturated rings. The molecule has 4 heteroatoms. The Morgan fingerprint density at radius 2 is 1.90 bits per heavy atom. The highest BCUT2D eigenvalue weighted by Crippen LogP contribution is 2.27. The summed E-state index contributed by atoms with van der Waals surface area (Å²) in [6, 6.07) is 14.0. The molecule has 0 spiro atoms. The van der Waals surface area contributed by atoms with Crippen LogP contribution >= 0.6 is 15.9 Å². The van der Waals surface area contributed by atoms with Crippen LogP contribution in [0.4, 0.5) is 5.69 Å². The van der Waals surface area contributed by atoms with Gasteiger partial charge in [-0.05, 0) is 59.6 Å². The second-order valence-corrected chi connectivity index (χ2v) is 5.87. The smallest absolute Gasteiger partial charge is 0.121 e. The van der Waals surface area contributed by atoms with Crippen LogP contribution in [0.1, 0.15) is 19.4 Å². The normalized spacial score (nSPS) is 10.5. The fourth-order valence-electron chi connectivity index (χ4n) is 1.97. The molecule has 0 aliphatic rings. The number of hydrogen-bond acceptors (Lipinski definition) is 3. The number of hydrogen-bond donors (Lipinski definition) is 1. The lowest BCUT2D eigenvalue weighted by atomic mass is 10.2. The predicted molar refractivity (Wildman–Crippen MR) is 90.2 cm³/mol. The number of methoxy groups -OCH3 is 1. The van der Waals surface area contributed by atoms with Gasteiger partial charge in [-0.15, -0.1) is 0 Å². The van der Waals surface area contributed by atoms with Crippen molar-refractivity contribution in [1.82, 2.24) is 0 Å². The van der Waals surface area contributed by atoms with Gasteiger partial charge in [0, 0.05) is 17.1 Å². The van der Waals surface area contributed by atoms with Gasteiger partial charge in [0.25, 0.3) is 0 Å². The molecule has 112 valence electrons. The number of rotatable bonds is 6. The van der Waals surface area contributed by atoms with Gasteiger partial charge in [0.1, 0.15) is 11.5 Å². The molecule has 0 aromatic heterocycles. The first-order valence-corrected chi connectivity index (χ1v) is 7.71. The van der Waals surface area contributed by atoms with Crippen LogP contribution < -0.4 is 14.8 Å². The zero-order chi connectivity index (χ0) is 15.2. The van der Waals surface area contributed by atoms with Crippen molar-refractivity contribution in [3.05, 3.63) is 52.5 Å². The van der Waals surface area contributed by atoms with Crippen LogP contribution in [-0.4, -0.2) is 13.2 Å². The molecule has 0 amide bonds. The minimum atomic E-state index is 0.181. The van der Waals surface area contributed by atoms with Crippen LogP contribution in [0, 0.1) is 0 Å². The Morgan fingerprint density at radius 3 is 2.62 bits per heavy atom. The largest absolute Gasteiger partial charge is 0.497 e. The van der Waals surface area contributed by atoms with E-state index in [1.807, 2.05) is 44.2 Å². The third-order valence-electron chi connectivity index (χ3n) is 2.93. The third-order valence-corrected chi connectivity index (χ3v) is 3.62. The summed E-state index contributed by atoms with van der Waals surface area (Å²) in [5.41, 5.74) is 2.17. The lowest BCUT2D eigenvalue weighted by Gasteiger charge is -2.13. The Morgan fingerprint density at radius 1 is 1.10 bits per heavy atom. The van der Waals surface area contributed by atoms with Crippen molar-refractivity contribution >= 4 is 21.6 Å². The van der Waals surface area contributed by atoms with E-state index in [9.17, 15) is 0 Å². The maximum absolute atomic E-state index is 5.71. The summed E-state index contributed by atoms with van der Waals surface area (Å²) in [6.45, 7) is 4.78. The monoisotopic (exact) mass is 349 g/mol. The van der Waals surface area contributed by atoms with Crippen LogP contribution in [0.25, 0.3) is 0 Å². The topological polar surface area (TPSA) is 30.5 Å². The minimum absolute atomic E-state index is 0.181. The molecule has 2 aromatic rings. The quantitative estimate of drug-likeness (QED) is 0.807. The maximum atomic E-state index is 5.71. The Balaban J connectivity index is 2.06. The molecule has 0 unspecified atom stereocenters. The summed E-state index contributed by atoms with van der Waals surface area (Å²) in [6.07, 6.45) is 0.181. The number of halogens is 1. The first-order chi connectivity index (χ1) is 10.1. The molecule has 2 rings (SSSR count). The van der Waals surface area contributed by atoms with E-state index in [0.717, 1.165) is 28.2 Å². The summed E-state index contributed by atoms with van der Waals surface area (Å²) >= 11 is 3.54. The summed E-state index contributed by atoms with van der Waals surface area (Å²) in [4.78, 5) is 0. The van der Waals surface area contributed by atoms with Crippen LogP contribution in [0.2, 0.25) is 0 Å². The van der Waals surface area contributed by atoms with Gasteiger partial charge in [-0.2, -0.15) is 0 Å². The lowest BCUT2D eigenvalue weighted by molar-refractivity contribution is 0.242. The van der Waals surface area contributed by atoms with Gasteiger partial charge >= 0.3 is 0 Å². The highest BCUT2D eigenvalue weighted by molar-refractivity contribution is 9.10. The molecule has 1 N–H and O–H groups in total. The minimum Gasteiger partial charge on any atom is -0.497 e. The van der Waals surface area contributed by atoms with Crippen molar-refractivity contribution in [2.75, 3.05) is 12.4 Å². The Kier molecular flexibility index (Phi) is 5.51.